The van der Waals surface area contributed by atoms with E-state index in [9.17, 15) is 10.2 Å². The molecule has 0 bridgehead atoms. The van der Waals surface area contributed by atoms with Gasteiger partial charge in [0.1, 0.15) is 12.5 Å². The van der Waals surface area contributed by atoms with E-state index in [4.69, 9.17) is 34.5 Å². The van der Waals surface area contributed by atoms with Crippen LogP contribution < -0.4 is 33.2 Å². The molecule has 196 valence electrons. The van der Waals surface area contributed by atoms with Crippen molar-refractivity contribution in [3.8, 4) is 0 Å². The van der Waals surface area contributed by atoms with Crippen molar-refractivity contribution < 1.29 is 10.2 Å². The van der Waals surface area contributed by atoms with Gasteiger partial charge in [0.25, 0.3) is 0 Å². The van der Waals surface area contributed by atoms with E-state index in [0.717, 1.165) is 22.7 Å². The van der Waals surface area contributed by atoms with E-state index in [0.29, 0.717) is 22.1 Å². The molecule has 0 aliphatic heterocycles. The Labute approximate surface area is 223 Å². The normalized spacial score (nSPS) is 11.6. The number of hydrogen-bond donors (Lipinski definition) is 7. The van der Waals surface area contributed by atoms with E-state index in [-0.39, 0.29) is 0 Å². The maximum atomic E-state index is 9.44. The lowest BCUT2D eigenvalue weighted by Crippen LogP contribution is -2.40. The van der Waals surface area contributed by atoms with Crippen molar-refractivity contribution in [3.05, 3.63) is 102 Å². The SMILES string of the molecule is CC(O)N(c1ccc(N)cc1)C(C)O.Nc1ccc(N)c(Cl)c1.Nc1ccc(Nc2ccccc2)cc1. The maximum Gasteiger partial charge on any atom is 0.126 e. The van der Waals surface area contributed by atoms with Crippen LogP contribution in [0.3, 0.4) is 0 Å². The van der Waals surface area contributed by atoms with Crippen LogP contribution in [0.4, 0.5) is 39.8 Å². The van der Waals surface area contributed by atoms with Gasteiger partial charge in [-0.15, -0.1) is 0 Å². The summed E-state index contributed by atoms with van der Waals surface area (Å²) >= 11 is 5.61. The Hall–Kier alpha value is -4.11. The number of nitrogens with zero attached hydrogens (tertiary/aromatic N) is 1. The number of benzene rings is 4. The Bertz CT molecular complexity index is 1200. The van der Waals surface area contributed by atoms with Crippen LogP contribution in [0.2, 0.25) is 5.02 Å². The molecule has 0 saturated heterocycles. The molecule has 4 aromatic carbocycles. The lowest BCUT2D eigenvalue weighted by Gasteiger charge is -2.30. The van der Waals surface area contributed by atoms with Gasteiger partial charge in [-0.1, -0.05) is 29.8 Å². The van der Waals surface area contributed by atoms with Crippen LogP contribution in [-0.2, 0) is 0 Å². The molecule has 11 N–H and O–H groups in total. The molecule has 2 unspecified atom stereocenters. The fourth-order valence-electron chi connectivity index (χ4n) is 3.19. The lowest BCUT2D eigenvalue weighted by atomic mass is 10.2. The summed E-state index contributed by atoms with van der Waals surface area (Å²) in [5.41, 5.74) is 27.4. The second-order valence-corrected chi connectivity index (χ2v) is 8.56. The summed E-state index contributed by atoms with van der Waals surface area (Å²) in [6, 6.07) is 29.7. The number of aliphatic hydroxyl groups is 2. The average molecular weight is 523 g/mol. The highest BCUT2D eigenvalue weighted by atomic mass is 35.5. The van der Waals surface area contributed by atoms with Crippen LogP contribution in [0.15, 0.2) is 97.1 Å². The number of para-hydroxylation sites is 1. The van der Waals surface area contributed by atoms with Crippen LogP contribution in [0.5, 0.6) is 0 Å². The molecule has 37 heavy (non-hydrogen) atoms. The molecule has 0 saturated carbocycles. The summed E-state index contributed by atoms with van der Waals surface area (Å²) in [6.45, 7) is 3.20. The fraction of sp³-hybridized carbons (Fsp3) is 0.143. The van der Waals surface area contributed by atoms with E-state index in [1.165, 1.54) is 4.90 Å². The Balaban J connectivity index is 0.000000200. The quantitative estimate of drug-likeness (QED) is 0.138. The number of aliphatic hydroxyl groups excluding tert-OH is 2. The number of halogens is 1. The molecular weight excluding hydrogens is 488 g/mol. The van der Waals surface area contributed by atoms with Crippen LogP contribution in [0.1, 0.15) is 13.8 Å². The van der Waals surface area contributed by atoms with Crippen LogP contribution >= 0.6 is 11.6 Å². The van der Waals surface area contributed by atoms with Crippen LogP contribution in [0.25, 0.3) is 0 Å². The Kier molecular flexibility index (Phi) is 11.4. The molecule has 0 fully saturated rings. The third-order valence-electron chi connectivity index (χ3n) is 4.99. The second kappa shape index (κ2) is 14.4. The summed E-state index contributed by atoms with van der Waals surface area (Å²) < 4.78 is 0. The van der Waals surface area contributed by atoms with Gasteiger partial charge in [-0.3, -0.25) is 0 Å². The minimum absolute atomic E-state index is 0.509. The highest BCUT2D eigenvalue weighted by Crippen LogP contribution is 2.21. The summed E-state index contributed by atoms with van der Waals surface area (Å²) in [6.07, 6.45) is -1.47. The predicted octanol–water partition coefficient (Wildman–Crippen LogP) is 5.27. The van der Waals surface area contributed by atoms with E-state index in [1.807, 2.05) is 54.6 Å². The third-order valence-corrected chi connectivity index (χ3v) is 5.32. The highest BCUT2D eigenvalue weighted by Gasteiger charge is 2.16. The van der Waals surface area contributed by atoms with Gasteiger partial charge in [0.05, 0.1) is 10.7 Å². The highest BCUT2D eigenvalue weighted by molar-refractivity contribution is 6.33. The van der Waals surface area contributed by atoms with Gasteiger partial charge in [0.2, 0.25) is 0 Å². The van der Waals surface area contributed by atoms with Crippen molar-refractivity contribution in [2.24, 2.45) is 0 Å². The molecule has 0 spiro atoms. The topological polar surface area (TPSA) is 160 Å². The standard InChI is InChI=1S/C12H12N2.C10H16N2O2.C6H7ClN2/c13-10-6-8-12(9-7-10)14-11-4-2-1-3-5-11;1-7(13)12(8(2)14)10-5-3-9(11)4-6-10;7-5-3-4(8)1-2-6(5)9/h1-9,14H,13H2;3-8,13-14H,11H2,1-2H3;1-3H,8-9H2. The lowest BCUT2D eigenvalue weighted by molar-refractivity contribution is 0.105. The van der Waals surface area contributed by atoms with Gasteiger partial charge in [-0.2, -0.15) is 0 Å². The molecule has 4 rings (SSSR count). The average Bonchev–Trinajstić information content (AvgIpc) is 2.85. The summed E-state index contributed by atoms with van der Waals surface area (Å²) in [5.74, 6) is 0. The van der Waals surface area contributed by atoms with E-state index < -0.39 is 12.5 Å². The second-order valence-electron chi connectivity index (χ2n) is 8.16. The van der Waals surface area contributed by atoms with Crippen LogP contribution in [-0.4, -0.2) is 22.7 Å². The first-order valence-electron chi connectivity index (χ1n) is 11.5. The fourth-order valence-corrected chi connectivity index (χ4v) is 3.38. The van der Waals surface area contributed by atoms with Gasteiger partial charge in [-0.05, 0) is 92.7 Å². The zero-order valence-electron chi connectivity index (χ0n) is 20.9. The molecule has 0 amide bonds. The molecule has 0 aliphatic carbocycles. The van der Waals surface area contributed by atoms with Gasteiger partial charge < -0.3 is 43.4 Å². The largest absolute Gasteiger partial charge is 0.399 e. The minimum atomic E-state index is -0.737. The monoisotopic (exact) mass is 522 g/mol. The van der Waals surface area contributed by atoms with Crippen LogP contribution in [0, 0.1) is 0 Å². The third kappa shape index (κ3) is 10.2. The number of rotatable bonds is 5. The van der Waals surface area contributed by atoms with E-state index >= 15 is 0 Å². The maximum absolute atomic E-state index is 9.44. The van der Waals surface area contributed by atoms with Gasteiger partial charge in [0.15, 0.2) is 0 Å². The molecule has 9 heteroatoms. The predicted molar refractivity (Wildman–Crippen MR) is 158 cm³/mol. The number of nitrogens with one attached hydrogen (secondary N) is 1. The van der Waals surface area contributed by atoms with Gasteiger partial charge >= 0.3 is 0 Å². The Morgan fingerprint density at radius 3 is 1.57 bits per heavy atom. The molecule has 8 nitrogen and oxygen atoms in total. The van der Waals surface area contributed by atoms with Crippen molar-refractivity contribution in [1.29, 1.82) is 0 Å². The molecule has 4 aromatic rings. The van der Waals surface area contributed by atoms with E-state index in [1.54, 1.807) is 56.3 Å². The smallest absolute Gasteiger partial charge is 0.126 e. The first kappa shape index (κ1) is 29.1. The summed E-state index contributed by atoms with van der Waals surface area (Å²) in [4.78, 5) is 1.49. The first-order chi connectivity index (χ1) is 17.6. The van der Waals surface area contributed by atoms with Crippen molar-refractivity contribution in [3.63, 3.8) is 0 Å². The van der Waals surface area contributed by atoms with Crippen molar-refractivity contribution in [2.75, 3.05) is 33.2 Å². The number of nitrogens with two attached hydrogens (primary N) is 4. The minimum Gasteiger partial charge on any atom is -0.399 e. The summed E-state index contributed by atoms with van der Waals surface area (Å²) in [7, 11) is 0. The Morgan fingerprint density at radius 2 is 1.11 bits per heavy atom. The molecule has 0 aliphatic rings. The van der Waals surface area contributed by atoms with Crippen molar-refractivity contribution >= 4 is 51.4 Å². The zero-order chi connectivity index (χ0) is 27.4. The zero-order valence-corrected chi connectivity index (χ0v) is 21.7. The molecular formula is C28H35ClN6O2. The van der Waals surface area contributed by atoms with Crippen molar-refractivity contribution in [1.82, 2.24) is 0 Å². The first-order valence-corrected chi connectivity index (χ1v) is 11.9. The molecule has 0 heterocycles. The number of hydrogen-bond acceptors (Lipinski definition) is 8. The summed E-state index contributed by atoms with van der Waals surface area (Å²) in [5, 5.41) is 22.7. The van der Waals surface area contributed by atoms with E-state index in [2.05, 4.69) is 5.32 Å². The molecule has 0 radical (unpaired) electrons. The number of nitrogen functional groups attached to an aromatic ring is 4. The Morgan fingerprint density at radius 1 is 0.649 bits per heavy atom. The van der Waals surface area contributed by atoms with Gasteiger partial charge in [0, 0.05) is 34.1 Å². The van der Waals surface area contributed by atoms with Crippen molar-refractivity contribution in [2.45, 2.75) is 26.3 Å². The number of anilines is 7. The molecule has 0 aromatic heterocycles. The molecule has 2 atom stereocenters. The van der Waals surface area contributed by atoms with Gasteiger partial charge in [-0.25, -0.2) is 0 Å².